The quantitative estimate of drug-likeness (QED) is 0.368. The van der Waals surface area contributed by atoms with Crippen LogP contribution in [0.2, 0.25) is 0 Å². The Morgan fingerprint density at radius 3 is 2.32 bits per heavy atom. The number of sulfonamides is 2. The van der Waals surface area contributed by atoms with E-state index in [-0.39, 0.29) is 48.6 Å². The van der Waals surface area contributed by atoms with Crippen molar-refractivity contribution < 1.29 is 44.6 Å². The fourth-order valence-electron chi connectivity index (χ4n) is 4.67. The average molecular weight is 613 g/mol. The third-order valence-electron chi connectivity index (χ3n) is 6.70. The molecule has 14 heteroatoms. The molecule has 0 aliphatic carbocycles. The number of nitrogens with zero attached hydrogens (tertiary/aromatic N) is 1. The Labute approximate surface area is 235 Å². The van der Waals surface area contributed by atoms with E-state index in [1.54, 1.807) is 24.3 Å². The van der Waals surface area contributed by atoms with Crippen LogP contribution in [-0.4, -0.2) is 58.5 Å². The molecule has 2 N–H and O–H groups in total. The number of ether oxygens (including phenoxy) is 1. The zero-order chi connectivity index (χ0) is 30.0. The number of piperidine rings is 1. The summed E-state index contributed by atoms with van der Waals surface area (Å²) in [5.74, 6) is -1.29. The molecule has 3 aromatic carbocycles. The first-order valence-corrected chi connectivity index (χ1v) is 15.3. The smallest absolute Gasteiger partial charge is 0.417 e. The summed E-state index contributed by atoms with van der Waals surface area (Å²) in [6, 6.07) is 13.7. The van der Waals surface area contributed by atoms with Crippen molar-refractivity contribution in [2.45, 2.75) is 41.5 Å². The van der Waals surface area contributed by atoms with Crippen LogP contribution >= 0.6 is 0 Å². The van der Waals surface area contributed by atoms with E-state index in [1.165, 1.54) is 31.4 Å². The van der Waals surface area contributed by atoms with E-state index in [0.29, 0.717) is 11.1 Å². The van der Waals surface area contributed by atoms with Crippen LogP contribution in [0.15, 0.2) is 76.5 Å². The first-order valence-electron chi connectivity index (χ1n) is 12.4. The van der Waals surface area contributed by atoms with Gasteiger partial charge in [0.2, 0.25) is 20.0 Å². The molecular weight excluding hydrogens is 585 g/mol. The molecule has 0 aromatic heterocycles. The predicted octanol–water partition coefficient (Wildman–Crippen LogP) is 4.35. The molecular formula is C27H27F3N2O7S2. The maximum absolute atomic E-state index is 14.1. The van der Waals surface area contributed by atoms with Crippen molar-refractivity contribution in [3.8, 4) is 11.1 Å². The Bertz CT molecular complexity index is 1650. The topological polar surface area (TPSA) is 130 Å². The minimum Gasteiger partial charge on any atom is -0.478 e. The van der Waals surface area contributed by atoms with Crippen molar-refractivity contribution in [2.24, 2.45) is 0 Å². The number of methoxy groups -OCH3 is 1. The molecule has 0 saturated carbocycles. The highest BCUT2D eigenvalue weighted by Crippen LogP contribution is 2.38. The molecule has 4 rings (SSSR count). The molecule has 9 nitrogen and oxygen atoms in total. The Hall–Kier alpha value is -3.30. The van der Waals surface area contributed by atoms with Gasteiger partial charge < -0.3 is 9.84 Å². The van der Waals surface area contributed by atoms with Gasteiger partial charge in [0.05, 0.1) is 27.5 Å². The van der Waals surface area contributed by atoms with E-state index in [1.807, 2.05) is 0 Å². The molecule has 0 bridgehead atoms. The highest BCUT2D eigenvalue weighted by atomic mass is 32.2. The Morgan fingerprint density at radius 2 is 1.68 bits per heavy atom. The van der Waals surface area contributed by atoms with E-state index in [9.17, 15) is 34.8 Å². The first kappa shape index (κ1) is 30.7. The van der Waals surface area contributed by atoms with Crippen molar-refractivity contribution in [3.63, 3.8) is 0 Å². The minimum absolute atomic E-state index is 0.000902. The summed E-state index contributed by atoms with van der Waals surface area (Å²) in [5.41, 5.74) is -0.252. The van der Waals surface area contributed by atoms with Crippen LogP contribution in [0.1, 0.15) is 34.3 Å². The molecule has 220 valence electrons. The number of alkyl halides is 3. The van der Waals surface area contributed by atoms with Crippen LogP contribution in [0.25, 0.3) is 11.1 Å². The highest BCUT2D eigenvalue weighted by Gasteiger charge is 2.39. The van der Waals surface area contributed by atoms with E-state index in [4.69, 9.17) is 9.84 Å². The van der Waals surface area contributed by atoms with E-state index in [2.05, 4.69) is 4.72 Å². The van der Waals surface area contributed by atoms with Gasteiger partial charge in [-0.25, -0.2) is 26.4 Å². The normalized spacial score (nSPS) is 15.6. The van der Waals surface area contributed by atoms with Gasteiger partial charge in [-0.2, -0.15) is 17.5 Å². The molecule has 1 heterocycles. The molecule has 1 aliphatic rings. The lowest BCUT2D eigenvalue weighted by molar-refractivity contribution is -0.139. The number of hydrogen-bond donors (Lipinski definition) is 2. The summed E-state index contributed by atoms with van der Waals surface area (Å²) in [5, 5.41) is 9.15. The number of carbonyl (C=O) groups is 1. The maximum Gasteiger partial charge on any atom is 0.417 e. The molecule has 0 spiro atoms. The number of hydrogen-bond acceptors (Lipinski definition) is 6. The fourth-order valence-corrected chi connectivity index (χ4v) is 7.70. The van der Waals surface area contributed by atoms with Crippen molar-refractivity contribution in [1.82, 2.24) is 9.03 Å². The Kier molecular flexibility index (Phi) is 8.90. The van der Waals surface area contributed by atoms with Gasteiger partial charge in [-0.15, -0.1) is 0 Å². The average Bonchev–Trinajstić information content (AvgIpc) is 2.93. The SMILES string of the molecule is COCc1ccccc1-c1ccc(S(=O)(=O)NC2CCN(S(=O)(=O)c3cccc(C(=O)O)c3)CC2)c(C(F)(F)F)c1. The third-order valence-corrected chi connectivity index (χ3v) is 10.2. The Balaban J connectivity index is 1.54. The molecule has 1 saturated heterocycles. The minimum atomic E-state index is -4.97. The zero-order valence-electron chi connectivity index (χ0n) is 21.8. The predicted molar refractivity (Wildman–Crippen MR) is 143 cm³/mol. The molecule has 41 heavy (non-hydrogen) atoms. The van der Waals surface area contributed by atoms with E-state index < -0.39 is 48.7 Å². The van der Waals surface area contributed by atoms with Crippen molar-refractivity contribution >= 4 is 26.0 Å². The zero-order valence-corrected chi connectivity index (χ0v) is 23.4. The molecule has 0 unspecified atom stereocenters. The second-order valence-corrected chi connectivity index (χ2v) is 13.1. The molecule has 0 amide bonds. The van der Waals surface area contributed by atoms with Crippen LogP contribution in [0.5, 0.6) is 0 Å². The second-order valence-electron chi connectivity index (χ2n) is 9.43. The van der Waals surface area contributed by atoms with Crippen molar-refractivity contribution in [3.05, 3.63) is 83.4 Å². The van der Waals surface area contributed by atoms with Crippen LogP contribution in [0, 0.1) is 0 Å². The van der Waals surface area contributed by atoms with Gasteiger partial charge in [-0.05, 0) is 59.9 Å². The summed E-state index contributed by atoms with van der Waals surface area (Å²) in [7, 11) is -7.25. The van der Waals surface area contributed by atoms with Crippen LogP contribution in [0.3, 0.4) is 0 Å². The number of rotatable bonds is 9. The van der Waals surface area contributed by atoms with Gasteiger partial charge in [-0.1, -0.05) is 36.4 Å². The van der Waals surface area contributed by atoms with Gasteiger partial charge in [-0.3, -0.25) is 0 Å². The lowest BCUT2D eigenvalue weighted by Gasteiger charge is -2.31. The first-order chi connectivity index (χ1) is 19.2. The maximum atomic E-state index is 14.1. The lowest BCUT2D eigenvalue weighted by atomic mass is 9.98. The number of halogens is 3. The van der Waals surface area contributed by atoms with E-state index >= 15 is 0 Å². The summed E-state index contributed by atoms with van der Waals surface area (Å²) in [6.07, 6.45) is -4.97. The second kappa shape index (κ2) is 11.9. The number of carboxylic acid groups (broad SMARTS) is 1. The van der Waals surface area contributed by atoms with Gasteiger partial charge in [0.15, 0.2) is 0 Å². The van der Waals surface area contributed by atoms with Crippen LogP contribution < -0.4 is 4.72 Å². The largest absolute Gasteiger partial charge is 0.478 e. The van der Waals surface area contributed by atoms with Crippen LogP contribution in [0.4, 0.5) is 13.2 Å². The van der Waals surface area contributed by atoms with Crippen LogP contribution in [-0.2, 0) is 37.6 Å². The molecule has 1 fully saturated rings. The highest BCUT2D eigenvalue weighted by molar-refractivity contribution is 7.89. The summed E-state index contributed by atoms with van der Waals surface area (Å²) in [4.78, 5) is 10.1. The number of benzene rings is 3. The summed E-state index contributed by atoms with van der Waals surface area (Å²) < 4.78 is 103. The molecule has 0 radical (unpaired) electrons. The van der Waals surface area contributed by atoms with Crippen molar-refractivity contribution in [2.75, 3.05) is 20.2 Å². The van der Waals surface area contributed by atoms with Gasteiger partial charge in [0.25, 0.3) is 0 Å². The monoisotopic (exact) mass is 612 g/mol. The Morgan fingerprint density at radius 1 is 1.00 bits per heavy atom. The summed E-state index contributed by atoms with van der Waals surface area (Å²) >= 11 is 0. The summed E-state index contributed by atoms with van der Waals surface area (Å²) in [6.45, 7) is -0.0825. The van der Waals surface area contributed by atoms with Crippen molar-refractivity contribution in [1.29, 1.82) is 0 Å². The third kappa shape index (κ3) is 6.79. The van der Waals surface area contributed by atoms with Gasteiger partial charge >= 0.3 is 12.1 Å². The van der Waals surface area contributed by atoms with Gasteiger partial charge in [0, 0.05) is 26.2 Å². The molecule has 3 aromatic rings. The molecule has 0 atom stereocenters. The van der Waals surface area contributed by atoms with E-state index in [0.717, 1.165) is 22.5 Å². The number of nitrogens with one attached hydrogen (secondary N) is 1. The standard InChI is InChI=1S/C27H27F3N2O7S2/c1-39-17-20-5-2-3-8-23(20)18-9-10-25(24(16-18)27(28,29)30)40(35,36)31-21-11-13-32(14-12-21)41(37,38)22-7-4-6-19(15-22)26(33)34/h2-10,15-16,21,31H,11-14,17H2,1H3,(H,33,34). The number of carboxylic acids is 1. The van der Waals surface area contributed by atoms with Gasteiger partial charge in [0.1, 0.15) is 0 Å². The fraction of sp³-hybridized carbons (Fsp3) is 0.296. The molecule has 1 aliphatic heterocycles. The lowest BCUT2D eigenvalue weighted by Crippen LogP contribution is -2.46. The number of aromatic carboxylic acids is 1.